The average molecular weight is 251 g/mol. The molecule has 0 spiro atoms. The summed E-state index contributed by atoms with van der Waals surface area (Å²) in [7, 11) is 0. The van der Waals surface area contributed by atoms with Crippen LogP contribution in [0.3, 0.4) is 0 Å². The summed E-state index contributed by atoms with van der Waals surface area (Å²) in [4.78, 5) is 15.1. The Morgan fingerprint density at radius 3 is 2.72 bits per heavy atom. The van der Waals surface area contributed by atoms with Crippen LogP contribution in [-0.2, 0) is 0 Å². The van der Waals surface area contributed by atoms with Crippen LogP contribution in [0.25, 0.3) is 31.8 Å². The van der Waals surface area contributed by atoms with E-state index in [0.29, 0.717) is 0 Å². The summed E-state index contributed by atoms with van der Waals surface area (Å²) in [6, 6.07) is 14.2. The molecule has 2 aromatic carbocycles. The molecule has 0 aliphatic rings. The first-order valence-electron chi connectivity index (χ1n) is 5.75. The molecule has 0 unspecified atom stereocenters. The summed E-state index contributed by atoms with van der Waals surface area (Å²) in [6.45, 7) is 0. The minimum absolute atomic E-state index is 0.00453. The molecule has 0 aliphatic carbocycles. The van der Waals surface area contributed by atoms with Crippen LogP contribution in [0.15, 0.2) is 52.6 Å². The molecule has 0 aliphatic heterocycles. The van der Waals surface area contributed by atoms with E-state index in [4.69, 9.17) is 0 Å². The zero-order chi connectivity index (χ0) is 12.1. The molecule has 0 atom stereocenters. The number of pyridine rings is 1. The highest BCUT2D eigenvalue weighted by molar-refractivity contribution is 7.18. The molecule has 3 heteroatoms. The minimum atomic E-state index is -0.00453. The normalized spacial score (nSPS) is 11.6. The Morgan fingerprint density at radius 2 is 1.78 bits per heavy atom. The highest BCUT2D eigenvalue weighted by Gasteiger charge is 2.08. The van der Waals surface area contributed by atoms with Gasteiger partial charge in [-0.05, 0) is 16.8 Å². The minimum Gasteiger partial charge on any atom is -0.321 e. The quantitative estimate of drug-likeness (QED) is 0.472. The summed E-state index contributed by atoms with van der Waals surface area (Å²) >= 11 is 1.62. The van der Waals surface area contributed by atoms with Crippen LogP contribution in [0.2, 0.25) is 0 Å². The van der Waals surface area contributed by atoms with E-state index in [2.05, 4.69) is 23.2 Å². The van der Waals surface area contributed by atoms with Crippen molar-refractivity contribution in [1.29, 1.82) is 0 Å². The van der Waals surface area contributed by atoms with Crippen LogP contribution in [0.5, 0.6) is 0 Å². The molecule has 0 bridgehead atoms. The molecule has 0 saturated heterocycles. The van der Waals surface area contributed by atoms with Gasteiger partial charge in [-0.2, -0.15) is 0 Å². The highest BCUT2D eigenvalue weighted by Crippen LogP contribution is 2.30. The van der Waals surface area contributed by atoms with Crippen LogP contribution in [-0.4, -0.2) is 4.98 Å². The zero-order valence-corrected chi connectivity index (χ0v) is 10.3. The van der Waals surface area contributed by atoms with Gasteiger partial charge >= 0.3 is 0 Å². The predicted molar refractivity (Wildman–Crippen MR) is 77.5 cm³/mol. The van der Waals surface area contributed by atoms with Crippen molar-refractivity contribution in [2.75, 3.05) is 0 Å². The number of nitrogens with one attached hydrogen (secondary N) is 1. The lowest BCUT2D eigenvalue weighted by atomic mass is 10.1. The van der Waals surface area contributed by atoms with Crippen molar-refractivity contribution in [2.24, 2.45) is 0 Å². The molecule has 0 fully saturated rings. The van der Waals surface area contributed by atoms with Crippen molar-refractivity contribution in [3.05, 3.63) is 58.2 Å². The van der Waals surface area contributed by atoms with Crippen LogP contribution in [0.1, 0.15) is 0 Å². The number of hydrogen-bond acceptors (Lipinski definition) is 2. The summed E-state index contributed by atoms with van der Waals surface area (Å²) in [5.41, 5.74) is 0.933. The monoisotopic (exact) mass is 251 g/mol. The summed E-state index contributed by atoms with van der Waals surface area (Å²) in [5.74, 6) is 0. The molecule has 18 heavy (non-hydrogen) atoms. The number of benzene rings is 2. The summed E-state index contributed by atoms with van der Waals surface area (Å²) in [6.07, 6.45) is 0. The highest BCUT2D eigenvalue weighted by atomic mass is 32.1. The largest absolute Gasteiger partial charge is 0.321 e. The Morgan fingerprint density at radius 1 is 0.889 bits per heavy atom. The molecule has 0 radical (unpaired) electrons. The molecule has 0 amide bonds. The molecule has 2 heterocycles. The molecule has 4 rings (SSSR count). The Kier molecular flexibility index (Phi) is 1.88. The SMILES string of the molecule is O=c1[nH]c2c3ccccc3ccc2c2sccc12. The molecule has 4 aromatic rings. The van der Waals surface area contributed by atoms with Crippen LogP contribution in [0.4, 0.5) is 0 Å². The van der Waals surface area contributed by atoms with Gasteiger partial charge in [-0.1, -0.05) is 36.4 Å². The van der Waals surface area contributed by atoms with E-state index in [1.165, 1.54) is 0 Å². The second kappa shape index (κ2) is 3.43. The zero-order valence-electron chi connectivity index (χ0n) is 9.44. The Labute approximate surface area is 106 Å². The molecule has 0 saturated carbocycles. The Balaban J connectivity index is 2.40. The van der Waals surface area contributed by atoms with Gasteiger partial charge in [-0.25, -0.2) is 0 Å². The number of hydrogen-bond donors (Lipinski definition) is 1. The fourth-order valence-corrected chi connectivity index (χ4v) is 3.40. The number of aromatic amines is 1. The van der Waals surface area contributed by atoms with Gasteiger partial charge in [-0.3, -0.25) is 4.79 Å². The standard InChI is InChI=1S/C15H9NOS/c17-15-12-7-8-18-14(12)11-6-5-9-3-1-2-4-10(9)13(11)16-15/h1-8H,(H,16,17). The van der Waals surface area contributed by atoms with Crippen molar-refractivity contribution < 1.29 is 0 Å². The molecule has 2 aromatic heterocycles. The number of thiophene rings is 1. The second-order valence-corrected chi connectivity index (χ2v) is 5.24. The maximum Gasteiger partial charge on any atom is 0.257 e. The fourth-order valence-electron chi connectivity index (χ4n) is 2.47. The van der Waals surface area contributed by atoms with Crippen LogP contribution >= 0.6 is 11.3 Å². The lowest BCUT2D eigenvalue weighted by Crippen LogP contribution is -2.04. The van der Waals surface area contributed by atoms with Crippen LogP contribution in [0, 0.1) is 0 Å². The third kappa shape index (κ3) is 1.19. The molecular weight excluding hydrogens is 242 g/mol. The first kappa shape index (κ1) is 9.85. The van der Waals surface area contributed by atoms with E-state index in [0.717, 1.165) is 31.8 Å². The van der Waals surface area contributed by atoms with Crippen molar-refractivity contribution in [1.82, 2.24) is 4.98 Å². The van der Waals surface area contributed by atoms with Gasteiger partial charge in [-0.15, -0.1) is 11.3 Å². The van der Waals surface area contributed by atoms with E-state index in [1.54, 1.807) is 11.3 Å². The fraction of sp³-hybridized carbons (Fsp3) is 0. The van der Waals surface area contributed by atoms with Crippen molar-refractivity contribution in [3.8, 4) is 0 Å². The Bertz CT molecular complexity index is 949. The third-order valence-electron chi connectivity index (χ3n) is 3.32. The van der Waals surface area contributed by atoms with E-state index in [-0.39, 0.29) is 5.56 Å². The average Bonchev–Trinajstić information content (AvgIpc) is 2.89. The topological polar surface area (TPSA) is 32.9 Å². The second-order valence-electron chi connectivity index (χ2n) is 4.33. The van der Waals surface area contributed by atoms with Gasteiger partial charge in [0, 0.05) is 15.5 Å². The lowest BCUT2D eigenvalue weighted by Gasteiger charge is -2.04. The summed E-state index contributed by atoms with van der Waals surface area (Å²) < 4.78 is 1.07. The molecular formula is C15H9NOS. The maximum atomic E-state index is 12.0. The molecule has 1 N–H and O–H groups in total. The van der Waals surface area contributed by atoms with E-state index in [9.17, 15) is 4.79 Å². The number of aromatic nitrogens is 1. The third-order valence-corrected chi connectivity index (χ3v) is 4.27. The maximum absolute atomic E-state index is 12.0. The molecule has 2 nitrogen and oxygen atoms in total. The lowest BCUT2D eigenvalue weighted by molar-refractivity contribution is 1.36. The van der Waals surface area contributed by atoms with Crippen molar-refractivity contribution >= 4 is 43.1 Å². The predicted octanol–water partition coefficient (Wildman–Crippen LogP) is 3.90. The van der Waals surface area contributed by atoms with Gasteiger partial charge in [0.2, 0.25) is 0 Å². The Hall–Kier alpha value is -2.13. The van der Waals surface area contributed by atoms with Gasteiger partial charge in [0.25, 0.3) is 5.56 Å². The number of H-pyrrole nitrogens is 1. The van der Waals surface area contributed by atoms with Gasteiger partial charge in [0.15, 0.2) is 0 Å². The van der Waals surface area contributed by atoms with Gasteiger partial charge in [0.05, 0.1) is 10.9 Å². The van der Waals surface area contributed by atoms with E-state index in [1.807, 2.05) is 29.6 Å². The molecule has 86 valence electrons. The van der Waals surface area contributed by atoms with Crippen LogP contribution < -0.4 is 5.56 Å². The first-order valence-corrected chi connectivity index (χ1v) is 6.63. The van der Waals surface area contributed by atoms with Crippen molar-refractivity contribution in [3.63, 3.8) is 0 Å². The number of rotatable bonds is 0. The number of fused-ring (bicyclic) bond motifs is 5. The first-order chi connectivity index (χ1) is 8.84. The van der Waals surface area contributed by atoms with Gasteiger partial charge in [0.1, 0.15) is 0 Å². The van der Waals surface area contributed by atoms with Crippen molar-refractivity contribution in [2.45, 2.75) is 0 Å². The van der Waals surface area contributed by atoms with E-state index >= 15 is 0 Å². The summed E-state index contributed by atoms with van der Waals surface area (Å²) in [5, 5.41) is 6.12. The smallest absolute Gasteiger partial charge is 0.257 e. The van der Waals surface area contributed by atoms with Gasteiger partial charge < -0.3 is 4.98 Å². The van der Waals surface area contributed by atoms with E-state index < -0.39 is 0 Å².